The number of ether oxygens (including phenoxy) is 1. The fourth-order valence-corrected chi connectivity index (χ4v) is 8.15. The van der Waals surface area contributed by atoms with Crippen molar-refractivity contribution in [1.82, 2.24) is 0 Å². The molecular weight excluding hydrogens is 396 g/mol. The second-order valence-electron chi connectivity index (χ2n) is 11.9. The van der Waals surface area contributed by atoms with E-state index in [0.717, 1.165) is 44.4 Å². The average Bonchev–Trinajstić information content (AvgIpc) is 3.10. The van der Waals surface area contributed by atoms with Gasteiger partial charge in [0.15, 0.2) is 5.78 Å². The third-order valence-corrected chi connectivity index (χ3v) is 10.1. The lowest BCUT2D eigenvalue weighted by Gasteiger charge is -2.57. The standard InChI is InChI=1S/C29H46O3/c1-4-5-6-7-8-9-10-11-27(31)32-26-15-14-24-23-13-12-21-20-22(30)16-18-28(21,2)25(23)17-19-29(24,26)3/h20,23-26H,4-19H2,1-3H3/t23-,24-,25+,26+,28+,29+/m1/s1. The number of carbonyl (C=O) groups excluding carboxylic acids is 2. The summed E-state index contributed by atoms with van der Waals surface area (Å²) in [6.45, 7) is 7.11. The Kier molecular flexibility index (Phi) is 7.52. The number of unbranched alkanes of at least 4 members (excludes halogenated alkanes) is 6. The molecule has 4 rings (SSSR count). The van der Waals surface area contributed by atoms with Gasteiger partial charge < -0.3 is 4.74 Å². The Bertz CT molecular complexity index is 724. The number of esters is 1. The molecule has 0 amide bonds. The van der Waals surface area contributed by atoms with Crippen LogP contribution in [0.4, 0.5) is 0 Å². The molecule has 3 heteroatoms. The molecule has 3 saturated carbocycles. The summed E-state index contributed by atoms with van der Waals surface area (Å²) < 4.78 is 6.16. The zero-order valence-electron chi connectivity index (χ0n) is 20.9. The van der Waals surface area contributed by atoms with Crippen LogP contribution >= 0.6 is 0 Å². The Labute approximate surface area is 196 Å². The van der Waals surface area contributed by atoms with Crippen LogP contribution in [0, 0.1) is 28.6 Å². The Morgan fingerprint density at radius 2 is 1.69 bits per heavy atom. The second-order valence-corrected chi connectivity index (χ2v) is 11.9. The highest BCUT2D eigenvalue weighted by Crippen LogP contribution is 2.65. The fourth-order valence-electron chi connectivity index (χ4n) is 8.15. The van der Waals surface area contributed by atoms with Gasteiger partial charge in [-0.2, -0.15) is 0 Å². The molecule has 0 aromatic heterocycles. The van der Waals surface area contributed by atoms with Crippen LogP contribution in [0.15, 0.2) is 11.6 Å². The zero-order chi connectivity index (χ0) is 22.8. The number of hydrogen-bond acceptors (Lipinski definition) is 3. The molecule has 4 aliphatic rings. The van der Waals surface area contributed by atoms with Gasteiger partial charge in [-0.15, -0.1) is 0 Å². The number of allylic oxidation sites excluding steroid dienone is 1. The molecule has 3 nitrogen and oxygen atoms in total. The Balaban J connectivity index is 1.31. The van der Waals surface area contributed by atoms with Crippen molar-refractivity contribution >= 4 is 11.8 Å². The van der Waals surface area contributed by atoms with Crippen LogP contribution in [0.25, 0.3) is 0 Å². The van der Waals surface area contributed by atoms with Crippen molar-refractivity contribution in [1.29, 1.82) is 0 Å². The summed E-state index contributed by atoms with van der Waals surface area (Å²) in [7, 11) is 0. The first-order valence-electron chi connectivity index (χ1n) is 13.8. The second kappa shape index (κ2) is 10.0. The fraction of sp³-hybridized carbons (Fsp3) is 0.862. The number of rotatable bonds is 9. The summed E-state index contributed by atoms with van der Waals surface area (Å²) in [6, 6.07) is 0. The maximum atomic E-state index is 12.6. The minimum Gasteiger partial charge on any atom is -0.462 e. The summed E-state index contributed by atoms with van der Waals surface area (Å²) in [5, 5.41) is 0. The van der Waals surface area contributed by atoms with Crippen molar-refractivity contribution in [2.45, 2.75) is 130 Å². The van der Waals surface area contributed by atoms with Crippen molar-refractivity contribution < 1.29 is 14.3 Å². The summed E-state index contributed by atoms with van der Waals surface area (Å²) >= 11 is 0. The molecule has 0 aliphatic heterocycles. The molecule has 0 bridgehead atoms. The third kappa shape index (κ3) is 4.60. The summed E-state index contributed by atoms with van der Waals surface area (Å²) in [6.07, 6.45) is 20.1. The molecule has 6 atom stereocenters. The van der Waals surface area contributed by atoms with E-state index >= 15 is 0 Å². The van der Waals surface area contributed by atoms with Crippen molar-refractivity contribution in [2.75, 3.05) is 0 Å². The van der Waals surface area contributed by atoms with Crippen LogP contribution in [0.1, 0.15) is 124 Å². The van der Waals surface area contributed by atoms with Gasteiger partial charge in [0.25, 0.3) is 0 Å². The normalized spacial score (nSPS) is 38.5. The van der Waals surface area contributed by atoms with Crippen molar-refractivity contribution in [3.05, 3.63) is 11.6 Å². The minimum atomic E-state index is 0.0409. The first-order valence-corrected chi connectivity index (χ1v) is 13.8. The van der Waals surface area contributed by atoms with E-state index in [4.69, 9.17) is 4.74 Å². The van der Waals surface area contributed by atoms with Crippen molar-refractivity contribution in [3.63, 3.8) is 0 Å². The van der Waals surface area contributed by atoms with E-state index in [1.165, 1.54) is 63.4 Å². The van der Waals surface area contributed by atoms with Crippen LogP contribution in [-0.2, 0) is 14.3 Å². The van der Waals surface area contributed by atoms with E-state index in [1.54, 1.807) is 0 Å². The van der Waals surface area contributed by atoms with Gasteiger partial charge in [0, 0.05) is 18.3 Å². The van der Waals surface area contributed by atoms with E-state index < -0.39 is 0 Å². The largest absolute Gasteiger partial charge is 0.462 e. The lowest BCUT2D eigenvalue weighted by Crippen LogP contribution is -2.51. The number of fused-ring (bicyclic) bond motifs is 5. The van der Waals surface area contributed by atoms with E-state index in [9.17, 15) is 9.59 Å². The lowest BCUT2D eigenvalue weighted by molar-refractivity contribution is -0.160. The van der Waals surface area contributed by atoms with Crippen LogP contribution < -0.4 is 0 Å². The van der Waals surface area contributed by atoms with E-state index in [-0.39, 0.29) is 22.9 Å². The highest BCUT2D eigenvalue weighted by molar-refractivity contribution is 5.91. The predicted octanol–water partition coefficient (Wildman–Crippen LogP) is 7.57. The molecule has 0 aromatic rings. The SMILES string of the molecule is CCCCCCCCCC(=O)O[C@H]1CC[C@@H]2[C@H]3CCC4=CC(=O)CC[C@]4(C)[C@H]3CC[C@]12C. The van der Waals surface area contributed by atoms with Crippen LogP contribution in [0.3, 0.4) is 0 Å². The maximum absolute atomic E-state index is 12.6. The summed E-state index contributed by atoms with van der Waals surface area (Å²) in [5.74, 6) is 2.49. The highest BCUT2D eigenvalue weighted by atomic mass is 16.5. The molecule has 3 fully saturated rings. The van der Waals surface area contributed by atoms with Gasteiger partial charge in [0.1, 0.15) is 6.10 Å². The van der Waals surface area contributed by atoms with Crippen LogP contribution in [-0.4, -0.2) is 17.9 Å². The predicted molar refractivity (Wildman–Crippen MR) is 129 cm³/mol. The van der Waals surface area contributed by atoms with E-state index in [2.05, 4.69) is 20.8 Å². The van der Waals surface area contributed by atoms with Gasteiger partial charge in [-0.3, -0.25) is 9.59 Å². The molecular formula is C29H46O3. The van der Waals surface area contributed by atoms with Gasteiger partial charge in [-0.1, -0.05) is 64.9 Å². The Hall–Kier alpha value is -1.12. The first kappa shape index (κ1) is 24.0. The Morgan fingerprint density at radius 3 is 2.47 bits per heavy atom. The molecule has 0 saturated heterocycles. The van der Waals surface area contributed by atoms with Gasteiger partial charge in [-0.05, 0) is 80.6 Å². The average molecular weight is 443 g/mol. The maximum Gasteiger partial charge on any atom is 0.306 e. The van der Waals surface area contributed by atoms with E-state index in [1.807, 2.05) is 6.08 Å². The minimum absolute atomic E-state index is 0.0409. The van der Waals surface area contributed by atoms with Gasteiger partial charge in [0.05, 0.1) is 0 Å². The van der Waals surface area contributed by atoms with Gasteiger partial charge in [0.2, 0.25) is 0 Å². The molecule has 0 unspecified atom stereocenters. The third-order valence-electron chi connectivity index (χ3n) is 10.1. The quantitative estimate of drug-likeness (QED) is 0.273. The number of ketones is 1. The monoisotopic (exact) mass is 442 g/mol. The summed E-state index contributed by atoms with van der Waals surface area (Å²) in [5.41, 5.74) is 1.82. The molecule has 180 valence electrons. The van der Waals surface area contributed by atoms with Gasteiger partial charge in [-0.25, -0.2) is 0 Å². The molecule has 0 radical (unpaired) electrons. The van der Waals surface area contributed by atoms with Crippen LogP contribution in [0.2, 0.25) is 0 Å². The molecule has 0 aromatic carbocycles. The zero-order valence-corrected chi connectivity index (χ0v) is 20.9. The molecule has 4 aliphatic carbocycles. The van der Waals surface area contributed by atoms with Crippen molar-refractivity contribution in [3.8, 4) is 0 Å². The first-order chi connectivity index (χ1) is 15.4. The topological polar surface area (TPSA) is 43.4 Å². The number of hydrogen-bond donors (Lipinski definition) is 0. The summed E-state index contributed by atoms with van der Waals surface area (Å²) in [4.78, 5) is 24.7. The molecule has 0 N–H and O–H groups in total. The van der Waals surface area contributed by atoms with Crippen LogP contribution in [0.5, 0.6) is 0 Å². The smallest absolute Gasteiger partial charge is 0.306 e. The van der Waals surface area contributed by atoms with E-state index in [0.29, 0.717) is 24.0 Å². The lowest BCUT2D eigenvalue weighted by atomic mass is 9.47. The van der Waals surface area contributed by atoms with Crippen molar-refractivity contribution in [2.24, 2.45) is 28.6 Å². The number of carbonyl (C=O) groups is 2. The highest BCUT2D eigenvalue weighted by Gasteiger charge is 2.59. The molecule has 0 spiro atoms. The Morgan fingerprint density at radius 1 is 0.938 bits per heavy atom. The molecule has 0 heterocycles. The molecule has 32 heavy (non-hydrogen) atoms. The van der Waals surface area contributed by atoms with Gasteiger partial charge >= 0.3 is 5.97 Å².